The van der Waals surface area contributed by atoms with Crippen LogP contribution in [0.25, 0.3) is 0 Å². The highest BCUT2D eigenvalue weighted by atomic mass is 16.4. The van der Waals surface area contributed by atoms with Crippen LogP contribution in [-0.2, 0) is 9.59 Å². The number of amides is 1. The number of rotatable bonds is 3. The molecule has 0 saturated heterocycles. The Kier molecular flexibility index (Phi) is 3.78. The lowest BCUT2D eigenvalue weighted by atomic mass is 9.97. The molecule has 1 aromatic carbocycles. The van der Waals surface area contributed by atoms with Crippen LogP contribution in [0, 0.1) is 0 Å². The minimum atomic E-state index is -0.866. The number of carbonyl (C=O) groups excluding carboxylic acids is 1. The van der Waals surface area contributed by atoms with E-state index in [1.54, 1.807) is 11.0 Å². The van der Waals surface area contributed by atoms with E-state index in [-0.39, 0.29) is 12.5 Å². The van der Waals surface area contributed by atoms with E-state index in [1.165, 1.54) is 12.0 Å². The molecule has 0 radical (unpaired) electrons. The van der Waals surface area contributed by atoms with Crippen LogP contribution in [0.4, 0.5) is 5.69 Å². The molecule has 0 unspecified atom stereocenters. The van der Waals surface area contributed by atoms with Crippen molar-refractivity contribution >= 4 is 17.6 Å². The first-order valence-electron chi connectivity index (χ1n) is 7.47. The molecular weight excluding hydrogens is 266 g/mol. The maximum absolute atomic E-state index is 12.5. The molecular formula is C17H19NO3. The van der Waals surface area contributed by atoms with E-state index in [0.29, 0.717) is 6.42 Å². The van der Waals surface area contributed by atoms with Crippen LogP contribution in [0.2, 0.25) is 0 Å². The zero-order valence-electron chi connectivity index (χ0n) is 11.9. The lowest BCUT2D eigenvalue weighted by Crippen LogP contribution is -2.31. The second-order valence-corrected chi connectivity index (χ2v) is 5.74. The van der Waals surface area contributed by atoms with Gasteiger partial charge in [-0.25, -0.2) is 0 Å². The average Bonchev–Trinajstić information content (AvgIpc) is 2.88. The third-order valence-corrected chi connectivity index (χ3v) is 4.33. The largest absolute Gasteiger partial charge is 0.481 e. The van der Waals surface area contributed by atoms with Crippen LogP contribution in [0.15, 0.2) is 35.9 Å². The molecule has 4 nitrogen and oxygen atoms in total. The molecule has 0 bridgehead atoms. The highest BCUT2D eigenvalue weighted by Gasteiger charge is 2.36. The quantitative estimate of drug-likeness (QED) is 0.868. The van der Waals surface area contributed by atoms with Gasteiger partial charge in [-0.1, -0.05) is 29.8 Å². The minimum absolute atomic E-state index is 0.0133. The van der Waals surface area contributed by atoms with E-state index in [1.807, 2.05) is 18.2 Å². The van der Waals surface area contributed by atoms with Gasteiger partial charge < -0.3 is 10.0 Å². The number of benzene rings is 1. The summed E-state index contributed by atoms with van der Waals surface area (Å²) in [4.78, 5) is 25.6. The Morgan fingerprint density at radius 3 is 2.76 bits per heavy atom. The second kappa shape index (κ2) is 5.72. The van der Waals surface area contributed by atoms with Crippen LogP contribution in [0.1, 0.15) is 43.6 Å². The van der Waals surface area contributed by atoms with Gasteiger partial charge in [0, 0.05) is 18.7 Å². The summed E-state index contributed by atoms with van der Waals surface area (Å²) < 4.78 is 0. The predicted octanol–water partition coefficient (Wildman–Crippen LogP) is 3.09. The maximum Gasteiger partial charge on any atom is 0.312 e. The number of nitrogens with zero attached hydrogens (tertiary/aromatic N) is 1. The molecule has 1 heterocycles. The van der Waals surface area contributed by atoms with E-state index < -0.39 is 11.9 Å². The van der Waals surface area contributed by atoms with Crippen molar-refractivity contribution in [1.82, 2.24) is 0 Å². The van der Waals surface area contributed by atoms with Gasteiger partial charge in [0.15, 0.2) is 0 Å². The molecule has 0 spiro atoms. The summed E-state index contributed by atoms with van der Waals surface area (Å²) in [6.45, 7) is 0.251. The molecule has 1 N–H and O–H groups in total. The fourth-order valence-electron chi connectivity index (χ4n) is 3.21. The number of anilines is 1. The number of allylic oxidation sites excluding steroid dienone is 1. The summed E-state index contributed by atoms with van der Waals surface area (Å²) in [7, 11) is 0. The minimum Gasteiger partial charge on any atom is -0.481 e. The fourth-order valence-corrected chi connectivity index (χ4v) is 3.21. The highest BCUT2D eigenvalue weighted by molar-refractivity contribution is 5.99. The van der Waals surface area contributed by atoms with Gasteiger partial charge in [-0.3, -0.25) is 9.59 Å². The molecule has 1 aliphatic carbocycles. The number of hydrogen-bond donors (Lipinski definition) is 1. The fraction of sp³-hybridized carbons (Fsp3) is 0.412. The zero-order chi connectivity index (χ0) is 14.8. The lowest BCUT2D eigenvalue weighted by molar-refractivity contribution is -0.138. The van der Waals surface area contributed by atoms with E-state index in [9.17, 15) is 14.7 Å². The van der Waals surface area contributed by atoms with Crippen molar-refractivity contribution in [3.8, 4) is 0 Å². The van der Waals surface area contributed by atoms with Crippen LogP contribution < -0.4 is 4.90 Å². The van der Waals surface area contributed by atoms with Gasteiger partial charge in [-0.15, -0.1) is 0 Å². The monoisotopic (exact) mass is 285 g/mol. The van der Waals surface area contributed by atoms with E-state index in [0.717, 1.165) is 30.5 Å². The number of aliphatic carboxylic acids is 1. The molecule has 110 valence electrons. The normalized spacial score (nSPS) is 20.9. The van der Waals surface area contributed by atoms with E-state index >= 15 is 0 Å². The Morgan fingerprint density at radius 2 is 2.05 bits per heavy atom. The summed E-state index contributed by atoms with van der Waals surface area (Å²) in [5.74, 6) is -1.46. The average molecular weight is 285 g/mol. The summed E-state index contributed by atoms with van der Waals surface area (Å²) in [5, 5.41) is 9.33. The SMILES string of the molecule is O=C(O)[C@H]1CN(C(=O)CC2=CCCCC2)c2ccccc21. The zero-order valence-corrected chi connectivity index (χ0v) is 11.9. The number of carboxylic acid groups (broad SMARTS) is 1. The van der Waals surface area contributed by atoms with Crippen LogP contribution in [0.3, 0.4) is 0 Å². The molecule has 3 rings (SSSR count). The Morgan fingerprint density at radius 1 is 1.24 bits per heavy atom. The van der Waals surface area contributed by atoms with E-state index in [4.69, 9.17) is 0 Å². The standard InChI is InChI=1S/C17H19NO3/c19-16(10-12-6-2-1-3-7-12)18-11-14(17(20)21)13-8-4-5-9-15(13)18/h4-6,8-9,14H,1-3,7,10-11H2,(H,20,21)/t14-/m0/s1. The lowest BCUT2D eigenvalue weighted by Gasteiger charge is -2.20. The molecule has 1 amide bonds. The van der Waals surface area contributed by atoms with Gasteiger partial charge in [0.1, 0.15) is 5.92 Å². The van der Waals surface area contributed by atoms with Crippen LogP contribution >= 0.6 is 0 Å². The molecule has 21 heavy (non-hydrogen) atoms. The Bertz CT molecular complexity index is 606. The third kappa shape index (κ3) is 2.71. The van der Waals surface area contributed by atoms with Crippen molar-refractivity contribution in [3.63, 3.8) is 0 Å². The molecule has 0 aromatic heterocycles. The van der Waals surface area contributed by atoms with Crippen molar-refractivity contribution < 1.29 is 14.7 Å². The van der Waals surface area contributed by atoms with Crippen molar-refractivity contribution in [1.29, 1.82) is 0 Å². The van der Waals surface area contributed by atoms with Gasteiger partial charge >= 0.3 is 5.97 Å². The predicted molar refractivity (Wildman–Crippen MR) is 80.3 cm³/mol. The molecule has 1 atom stereocenters. The summed E-state index contributed by atoms with van der Waals surface area (Å²) >= 11 is 0. The Hall–Kier alpha value is -2.10. The van der Waals surface area contributed by atoms with Gasteiger partial charge in [0.05, 0.1) is 0 Å². The first-order chi connectivity index (χ1) is 10.2. The van der Waals surface area contributed by atoms with Crippen LogP contribution in [-0.4, -0.2) is 23.5 Å². The van der Waals surface area contributed by atoms with Gasteiger partial charge in [0.2, 0.25) is 5.91 Å². The maximum atomic E-state index is 12.5. The Balaban J connectivity index is 1.81. The summed E-state index contributed by atoms with van der Waals surface area (Å²) in [6.07, 6.45) is 6.97. The molecule has 0 saturated carbocycles. The first-order valence-corrected chi connectivity index (χ1v) is 7.47. The van der Waals surface area contributed by atoms with Gasteiger partial charge in [-0.2, -0.15) is 0 Å². The molecule has 0 fully saturated rings. The molecule has 2 aliphatic rings. The molecule has 4 heteroatoms. The smallest absolute Gasteiger partial charge is 0.312 e. The number of para-hydroxylation sites is 1. The number of carbonyl (C=O) groups is 2. The number of hydrogen-bond acceptors (Lipinski definition) is 2. The summed E-state index contributed by atoms with van der Waals surface area (Å²) in [5.41, 5.74) is 2.70. The summed E-state index contributed by atoms with van der Waals surface area (Å²) in [6, 6.07) is 7.32. The van der Waals surface area contributed by atoms with Gasteiger partial charge in [0.25, 0.3) is 0 Å². The second-order valence-electron chi connectivity index (χ2n) is 5.74. The third-order valence-electron chi connectivity index (χ3n) is 4.33. The first kappa shape index (κ1) is 13.9. The topological polar surface area (TPSA) is 57.6 Å². The molecule has 1 aromatic rings. The van der Waals surface area contributed by atoms with Crippen LogP contribution in [0.5, 0.6) is 0 Å². The Labute approximate surface area is 124 Å². The highest BCUT2D eigenvalue weighted by Crippen LogP contribution is 2.37. The number of carboxylic acids is 1. The van der Waals surface area contributed by atoms with Gasteiger partial charge in [-0.05, 0) is 37.3 Å². The van der Waals surface area contributed by atoms with Crippen molar-refractivity contribution in [2.45, 2.75) is 38.0 Å². The van der Waals surface area contributed by atoms with Crippen molar-refractivity contribution in [2.24, 2.45) is 0 Å². The molecule has 1 aliphatic heterocycles. The van der Waals surface area contributed by atoms with Crippen molar-refractivity contribution in [2.75, 3.05) is 11.4 Å². The van der Waals surface area contributed by atoms with Crippen molar-refractivity contribution in [3.05, 3.63) is 41.5 Å². The number of fused-ring (bicyclic) bond motifs is 1. The van der Waals surface area contributed by atoms with E-state index in [2.05, 4.69) is 6.08 Å².